The van der Waals surface area contributed by atoms with Gasteiger partial charge in [0.25, 0.3) is 11.8 Å². The van der Waals surface area contributed by atoms with Crippen molar-refractivity contribution in [1.29, 1.82) is 0 Å². The van der Waals surface area contributed by atoms with E-state index < -0.39 is 5.54 Å². The number of carbonyl (C=O) groups is 3. The molecule has 0 bridgehead atoms. The second kappa shape index (κ2) is 8.26. The summed E-state index contributed by atoms with van der Waals surface area (Å²) in [7, 11) is 0. The molecule has 168 valence electrons. The van der Waals surface area contributed by atoms with E-state index in [9.17, 15) is 14.4 Å². The number of benzene rings is 1. The lowest BCUT2D eigenvalue weighted by atomic mass is 9.86. The number of nitrogens with zero attached hydrogens (tertiary/aromatic N) is 3. The fourth-order valence-corrected chi connectivity index (χ4v) is 5.22. The lowest BCUT2D eigenvalue weighted by Gasteiger charge is -2.40. The molecular formula is C24H34N4O3. The van der Waals surface area contributed by atoms with Crippen LogP contribution in [0.2, 0.25) is 0 Å². The lowest BCUT2D eigenvalue weighted by molar-refractivity contribution is -0.135. The van der Waals surface area contributed by atoms with Gasteiger partial charge in [0, 0.05) is 31.7 Å². The number of urea groups is 1. The van der Waals surface area contributed by atoms with Crippen molar-refractivity contribution in [3.8, 4) is 0 Å². The molecule has 3 aliphatic heterocycles. The number of nitrogens with one attached hydrogen (secondary N) is 1. The van der Waals surface area contributed by atoms with Gasteiger partial charge in [-0.3, -0.25) is 14.5 Å². The van der Waals surface area contributed by atoms with Crippen LogP contribution in [0.3, 0.4) is 0 Å². The first-order chi connectivity index (χ1) is 14.7. The Hall–Kier alpha value is -2.41. The molecule has 1 aromatic carbocycles. The van der Waals surface area contributed by atoms with Crippen LogP contribution >= 0.6 is 0 Å². The largest absolute Gasteiger partial charge is 0.338 e. The number of amides is 4. The van der Waals surface area contributed by atoms with Crippen LogP contribution in [0.15, 0.2) is 30.3 Å². The molecule has 4 rings (SSSR count). The maximum Gasteiger partial charge on any atom is 0.325 e. The molecule has 3 saturated heterocycles. The smallest absolute Gasteiger partial charge is 0.325 e. The molecule has 1 unspecified atom stereocenters. The maximum absolute atomic E-state index is 13.5. The van der Waals surface area contributed by atoms with Crippen LogP contribution in [0, 0.1) is 5.41 Å². The van der Waals surface area contributed by atoms with E-state index >= 15 is 0 Å². The van der Waals surface area contributed by atoms with Crippen LogP contribution in [0.1, 0.15) is 56.8 Å². The zero-order chi connectivity index (χ0) is 22.2. The van der Waals surface area contributed by atoms with E-state index in [1.165, 1.54) is 4.90 Å². The summed E-state index contributed by atoms with van der Waals surface area (Å²) in [4.78, 5) is 44.7. The quantitative estimate of drug-likeness (QED) is 0.755. The first kappa shape index (κ1) is 21.8. The van der Waals surface area contributed by atoms with E-state index in [1.807, 2.05) is 30.3 Å². The molecule has 7 heteroatoms. The third kappa shape index (κ3) is 4.47. The van der Waals surface area contributed by atoms with E-state index in [-0.39, 0.29) is 29.3 Å². The Kier molecular flexibility index (Phi) is 5.81. The van der Waals surface area contributed by atoms with Crippen molar-refractivity contribution in [2.75, 3.05) is 32.7 Å². The molecule has 3 aliphatic rings. The molecule has 0 aromatic heterocycles. The highest BCUT2D eigenvalue weighted by Gasteiger charge is 2.54. The third-order valence-electron chi connectivity index (χ3n) is 6.66. The van der Waals surface area contributed by atoms with Gasteiger partial charge in [-0.1, -0.05) is 39.0 Å². The SMILES string of the molecule is CC(C)(C)CN1CCCC(N2C(=O)NC3(CCN(C(=O)c4ccccc4)CC3)C2=O)C1. The molecule has 4 amide bonds. The second-order valence-corrected chi connectivity index (χ2v) is 10.4. The molecule has 0 saturated carbocycles. The highest BCUT2D eigenvalue weighted by Crippen LogP contribution is 2.33. The Bertz CT molecular complexity index is 840. The molecule has 1 aromatic rings. The van der Waals surface area contributed by atoms with Crippen molar-refractivity contribution in [3.05, 3.63) is 35.9 Å². The van der Waals surface area contributed by atoms with Crippen molar-refractivity contribution < 1.29 is 14.4 Å². The fraction of sp³-hybridized carbons (Fsp3) is 0.625. The van der Waals surface area contributed by atoms with Crippen LogP contribution in [0.4, 0.5) is 4.79 Å². The predicted molar refractivity (Wildman–Crippen MR) is 119 cm³/mol. The van der Waals surface area contributed by atoms with Gasteiger partial charge in [0.1, 0.15) is 5.54 Å². The van der Waals surface area contributed by atoms with Crippen LogP contribution in [0.25, 0.3) is 0 Å². The number of hydrogen-bond donors (Lipinski definition) is 1. The highest BCUT2D eigenvalue weighted by molar-refractivity contribution is 6.07. The lowest BCUT2D eigenvalue weighted by Crippen LogP contribution is -2.57. The molecule has 31 heavy (non-hydrogen) atoms. The Labute approximate surface area is 184 Å². The van der Waals surface area contributed by atoms with Gasteiger partial charge < -0.3 is 15.1 Å². The summed E-state index contributed by atoms with van der Waals surface area (Å²) in [5, 5.41) is 3.01. The minimum absolute atomic E-state index is 0.0193. The second-order valence-electron chi connectivity index (χ2n) is 10.4. The summed E-state index contributed by atoms with van der Waals surface area (Å²) in [5.41, 5.74) is -0.0296. The number of piperidine rings is 2. The van der Waals surface area contributed by atoms with Gasteiger partial charge >= 0.3 is 6.03 Å². The number of carbonyl (C=O) groups excluding carboxylic acids is 3. The normalized spacial score (nSPS) is 24.5. The topological polar surface area (TPSA) is 73.0 Å². The zero-order valence-corrected chi connectivity index (χ0v) is 18.9. The number of imide groups is 1. The van der Waals surface area contributed by atoms with E-state index in [4.69, 9.17) is 0 Å². The molecule has 3 heterocycles. The van der Waals surface area contributed by atoms with Gasteiger partial charge in [-0.2, -0.15) is 0 Å². The van der Waals surface area contributed by atoms with Crippen LogP contribution < -0.4 is 5.32 Å². The predicted octanol–water partition coefficient (Wildman–Crippen LogP) is 2.72. The van der Waals surface area contributed by atoms with Crippen molar-refractivity contribution in [1.82, 2.24) is 20.0 Å². The Balaban J connectivity index is 1.41. The molecular weight excluding hydrogens is 392 g/mol. The molecule has 7 nitrogen and oxygen atoms in total. The minimum Gasteiger partial charge on any atom is -0.338 e. The molecule has 3 fully saturated rings. The summed E-state index contributed by atoms with van der Waals surface area (Å²) in [6, 6.07) is 8.86. The summed E-state index contributed by atoms with van der Waals surface area (Å²) < 4.78 is 0. The third-order valence-corrected chi connectivity index (χ3v) is 6.66. The van der Waals surface area contributed by atoms with Gasteiger partial charge in [-0.15, -0.1) is 0 Å². The molecule has 1 N–H and O–H groups in total. The minimum atomic E-state index is -0.864. The average Bonchev–Trinajstić information content (AvgIpc) is 2.97. The van der Waals surface area contributed by atoms with Gasteiger partial charge in [0.05, 0.1) is 6.04 Å². The summed E-state index contributed by atoms with van der Waals surface area (Å²) in [5.74, 6) is -0.124. The van der Waals surface area contributed by atoms with E-state index in [0.29, 0.717) is 31.5 Å². The van der Waals surface area contributed by atoms with Crippen molar-refractivity contribution in [2.45, 2.75) is 58.0 Å². The zero-order valence-electron chi connectivity index (χ0n) is 18.9. The Morgan fingerprint density at radius 1 is 1.10 bits per heavy atom. The van der Waals surface area contributed by atoms with Crippen LogP contribution in [-0.2, 0) is 4.79 Å². The standard InChI is InChI=1S/C24H34N4O3/c1-23(2,3)17-26-13-7-10-19(16-26)28-21(30)24(25-22(28)31)11-14-27(15-12-24)20(29)18-8-5-4-6-9-18/h4-6,8-9,19H,7,10-17H2,1-3H3,(H,25,31). The van der Waals surface area contributed by atoms with Gasteiger partial charge in [-0.25, -0.2) is 4.79 Å². The molecule has 1 atom stereocenters. The first-order valence-electron chi connectivity index (χ1n) is 11.4. The van der Waals surface area contributed by atoms with Gasteiger partial charge in [0.2, 0.25) is 0 Å². The van der Waals surface area contributed by atoms with Gasteiger partial charge in [0.15, 0.2) is 0 Å². The maximum atomic E-state index is 13.5. The van der Waals surface area contributed by atoms with E-state index in [1.54, 1.807) is 4.90 Å². The number of likely N-dealkylation sites (tertiary alicyclic amines) is 2. The van der Waals surface area contributed by atoms with E-state index in [2.05, 4.69) is 31.0 Å². The molecule has 1 spiro atoms. The van der Waals surface area contributed by atoms with Crippen LogP contribution in [0.5, 0.6) is 0 Å². The summed E-state index contributed by atoms with van der Waals surface area (Å²) >= 11 is 0. The molecule has 0 radical (unpaired) electrons. The monoisotopic (exact) mass is 426 g/mol. The van der Waals surface area contributed by atoms with E-state index in [0.717, 1.165) is 32.5 Å². The number of hydrogen-bond acceptors (Lipinski definition) is 4. The molecule has 0 aliphatic carbocycles. The number of rotatable bonds is 3. The fourth-order valence-electron chi connectivity index (χ4n) is 5.22. The van der Waals surface area contributed by atoms with Gasteiger partial charge in [-0.05, 0) is 49.8 Å². The Morgan fingerprint density at radius 3 is 2.42 bits per heavy atom. The van der Waals surface area contributed by atoms with Crippen molar-refractivity contribution in [2.24, 2.45) is 5.41 Å². The van der Waals surface area contributed by atoms with Crippen LogP contribution in [-0.4, -0.2) is 76.8 Å². The first-order valence-corrected chi connectivity index (χ1v) is 11.4. The van der Waals surface area contributed by atoms with Crippen molar-refractivity contribution >= 4 is 17.8 Å². The van der Waals surface area contributed by atoms with Crippen molar-refractivity contribution in [3.63, 3.8) is 0 Å². The Morgan fingerprint density at radius 2 is 1.77 bits per heavy atom. The average molecular weight is 427 g/mol. The summed E-state index contributed by atoms with van der Waals surface area (Å²) in [6.07, 6.45) is 2.77. The highest BCUT2D eigenvalue weighted by atomic mass is 16.2. The summed E-state index contributed by atoms with van der Waals surface area (Å²) in [6.45, 7) is 10.3.